The fraction of sp³-hybridized carbons (Fsp3) is 0.227. The van der Waals surface area contributed by atoms with E-state index in [0.717, 1.165) is 34.9 Å². The first-order valence-corrected chi connectivity index (χ1v) is 10.6. The summed E-state index contributed by atoms with van der Waals surface area (Å²) in [5, 5.41) is 0.687. The normalized spacial score (nSPS) is 15.4. The van der Waals surface area contributed by atoms with Gasteiger partial charge in [0, 0.05) is 12.2 Å². The molecule has 0 N–H and O–H groups in total. The lowest BCUT2D eigenvalue weighted by molar-refractivity contribution is -0.118. The van der Waals surface area contributed by atoms with Crippen LogP contribution in [-0.2, 0) is 21.1 Å². The van der Waals surface area contributed by atoms with E-state index in [2.05, 4.69) is 0 Å². The van der Waals surface area contributed by atoms with E-state index < -0.39 is 15.1 Å². The van der Waals surface area contributed by atoms with Gasteiger partial charge in [-0.1, -0.05) is 48.5 Å². The van der Waals surface area contributed by atoms with E-state index in [-0.39, 0.29) is 10.8 Å². The number of hydrogen-bond acceptors (Lipinski definition) is 3. The van der Waals surface area contributed by atoms with Crippen LogP contribution < -0.4 is 4.90 Å². The second kappa shape index (κ2) is 6.82. The minimum atomic E-state index is -3.77. The van der Waals surface area contributed by atoms with Gasteiger partial charge in [0.1, 0.15) is 5.25 Å². The van der Waals surface area contributed by atoms with Crippen molar-refractivity contribution in [2.45, 2.75) is 29.9 Å². The van der Waals surface area contributed by atoms with Crippen LogP contribution in [0, 0.1) is 0 Å². The van der Waals surface area contributed by atoms with Gasteiger partial charge in [-0.3, -0.25) is 4.79 Å². The van der Waals surface area contributed by atoms with E-state index in [0.29, 0.717) is 6.54 Å². The molecule has 0 radical (unpaired) electrons. The van der Waals surface area contributed by atoms with Gasteiger partial charge in [-0.05, 0) is 54.3 Å². The van der Waals surface area contributed by atoms with Gasteiger partial charge in [0.25, 0.3) is 0 Å². The van der Waals surface area contributed by atoms with Crippen LogP contribution in [0.1, 0.15) is 18.9 Å². The number of rotatable bonds is 3. The Kier molecular flexibility index (Phi) is 4.48. The summed E-state index contributed by atoms with van der Waals surface area (Å²) in [4.78, 5) is 14.9. The van der Waals surface area contributed by atoms with Crippen LogP contribution in [-0.4, -0.2) is 26.1 Å². The van der Waals surface area contributed by atoms with Gasteiger partial charge in [0.05, 0.1) is 4.90 Å². The predicted molar refractivity (Wildman–Crippen MR) is 108 cm³/mol. The molecule has 0 aromatic heterocycles. The van der Waals surface area contributed by atoms with Gasteiger partial charge in [-0.25, -0.2) is 8.42 Å². The zero-order chi connectivity index (χ0) is 19.0. The highest BCUT2D eigenvalue weighted by molar-refractivity contribution is 7.92. The van der Waals surface area contributed by atoms with Crippen LogP contribution in [0.4, 0.5) is 5.69 Å². The van der Waals surface area contributed by atoms with E-state index in [4.69, 9.17) is 0 Å². The molecule has 3 aromatic rings. The zero-order valence-corrected chi connectivity index (χ0v) is 15.9. The number of hydrogen-bond donors (Lipinski definition) is 0. The van der Waals surface area contributed by atoms with Gasteiger partial charge >= 0.3 is 0 Å². The highest BCUT2D eigenvalue weighted by atomic mass is 32.2. The minimum Gasteiger partial charge on any atom is -0.311 e. The molecule has 1 unspecified atom stereocenters. The third-order valence-corrected chi connectivity index (χ3v) is 7.28. The summed E-state index contributed by atoms with van der Waals surface area (Å²) in [6.07, 6.45) is 1.75. The molecule has 0 fully saturated rings. The van der Waals surface area contributed by atoms with E-state index in [1.54, 1.807) is 23.1 Å². The van der Waals surface area contributed by atoms with Crippen molar-refractivity contribution in [3.05, 3.63) is 72.3 Å². The molecule has 4 nitrogen and oxygen atoms in total. The van der Waals surface area contributed by atoms with Crippen LogP contribution in [0.3, 0.4) is 0 Å². The molecule has 1 amide bonds. The first kappa shape index (κ1) is 17.7. The maximum Gasteiger partial charge on any atom is 0.245 e. The Labute approximate surface area is 159 Å². The molecule has 0 saturated carbocycles. The van der Waals surface area contributed by atoms with Gasteiger partial charge in [0.15, 0.2) is 9.84 Å². The maximum atomic E-state index is 13.1. The molecule has 1 aliphatic rings. The molecule has 0 spiro atoms. The van der Waals surface area contributed by atoms with Crippen molar-refractivity contribution in [1.29, 1.82) is 0 Å². The molecule has 5 heteroatoms. The lowest BCUT2D eigenvalue weighted by atomic mass is 10.0. The molecule has 1 aliphatic heterocycles. The molecule has 3 aromatic carbocycles. The Hall–Kier alpha value is -2.66. The summed E-state index contributed by atoms with van der Waals surface area (Å²) < 4.78 is 26.2. The lowest BCUT2D eigenvalue weighted by Gasteiger charge is -2.31. The van der Waals surface area contributed by atoms with Crippen LogP contribution in [0.25, 0.3) is 10.8 Å². The number of aryl methyl sites for hydroxylation is 1. The van der Waals surface area contributed by atoms with Gasteiger partial charge < -0.3 is 4.90 Å². The largest absolute Gasteiger partial charge is 0.311 e. The molecule has 138 valence electrons. The van der Waals surface area contributed by atoms with Crippen molar-refractivity contribution >= 4 is 32.2 Å². The van der Waals surface area contributed by atoms with Crippen molar-refractivity contribution in [3.63, 3.8) is 0 Å². The molecular formula is C22H21NO3S. The number of para-hydroxylation sites is 1. The van der Waals surface area contributed by atoms with Crippen molar-refractivity contribution in [2.75, 3.05) is 11.4 Å². The summed E-state index contributed by atoms with van der Waals surface area (Å²) in [6.45, 7) is 2.04. The molecule has 1 heterocycles. The Morgan fingerprint density at radius 1 is 0.963 bits per heavy atom. The SMILES string of the molecule is CC(C(=O)N1CCCc2ccccc21)S(=O)(=O)c1ccc2ccccc2c1. The number of nitrogens with zero attached hydrogens (tertiary/aromatic N) is 1. The highest BCUT2D eigenvalue weighted by Gasteiger charge is 2.35. The number of carbonyl (C=O) groups is 1. The molecular weight excluding hydrogens is 358 g/mol. The van der Waals surface area contributed by atoms with Gasteiger partial charge in [-0.15, -0.1) is 0 Å². The predicted octanol–water partition coefficient (Wildman–Crippen LogP) is 3.98. The number of anilines is 1. The number of amides is 1. The number of benzene rings is 3. The third-order valence-electron chi connectivity index (χ3n) is 5.24. The average Bonchev–Trinajstić information content (AvgIpc) is 2.71. The van der Waals surface area contributed by atoms with Crippen LogP contribution >= 0.6 is 0 Å². The summed E-state index contributed by atoms with van der Waals surface area (Å²) in [5.41, 5.74) is 1.92. The number of carbonyl (C=O) groups excluding carboxylic acids is 1. The summed E-state index contributed by atoms with van der Waals surface area (Å²) in [6, 6.07) is 20.3. The molecule has 27 heavy (non-hydrogen) atoms. The Morgan fingerprint density at radius 3 is 2.48 bits per heavy atom. The fourth-order valence-electron chi connectivity index (χ4n) is 3.66. The van der Waals surface area contributed by atoms with Crippen LogP contribution in [0.5, 0.6) is 0 Å². The molecule has 0 bridgehead atoms. The van der Waals surface area contributed by atoms with Crippen molar-refractivity contribution in [3.8, 4) is 0 Å². The van der Waals surface area contributed by atoms with Gasteiger partial charge in [-0.2, -0.15) is 0 Å². The van der Waals surface area contributed by atoms with Crippen molar-refractivity contribution < 1.29 is 13.2 Å². The van der Waals surface area contributed by atoms with E-state index in [1.165, 1.54) is 6.92 Å². The smallest absolute Gasteiger partial charge is 0.245 e. The molecule has 1 atom stereocenters. The number of sulfone groups is 1. The Balaban J connectivity index is 1.68. The first-order chi connectivity index (χ1) is 13.0. The minimum absolute atomic E-state index is 0.187. The Morgan fingerprint density at radius 2 is 1.67 bits per heavy atom. The van der Waals surface area contributed by atoms with E-state index in [9.17, 15) is 13.2 Å². The van der Waals surface area contributed by atoms with Crippen LogP contribution in [0.2, 0.25) is 0 Å². The zero-order valence-electron chi connectivity index (χ0n) is 15.1. The van der Waals surface area contributed by atoms with E-state index in [1.807, 2.05) is 48.5 Å². The standard InChI is InChI=1S/C22H21NO3S/c1-16(22(24)23-14-6-10-18-8-4-5-11-21(18)23)27(25,26)20-13-12-17-7-2-3-9-19(17)15-20/h2-5,7-9,11-13,15-16H,6,10,14H2,1H3. The highest BCUT2D eigenvalue weighted by Crippen LogP contribution is 2.29. The fourth-order valence-corrected chi connectivity index (χ4v) is 5.01. The Bertz CT molecular complexity index is 1120. The third kappa shape index (κ3) is 3.12. The number of fused-ring (bicyclic) bond motifs is 2. The van der Waals surface area contributed by atoms with Crippen LogP contribution in [0.15, 0.2) is 71.6 Å². The average molecular weight is 379 g/mol. The molecule has 0 saturated heterocycles. The summed E-state index contributed by atoms with van der Waals surface area (Å²) in [5.74, 6) is -0.365. The van der Waals surface area contributed by atoms with Crippen molar-refractivity contribution in [1.82, 2.24) is 0 Å². The second-order valence-corrected chi connectivity index (χ2v) is 9.19. The molecule has 4 rings (SSSR count). The first-order valence-electron chi connectivity index (χ1n) is 9.10. The monoisotopic (exact) mass is 379 g/mol. The van der Waals surface area contributed by atoms with Crippen molar-refractivity contribution in [2.24, 2.45) is 0 Å². The molecule has 0 aliphatic carbocycles. The summed E-state index contributed by atoms with van der Waals surface area (Å²) >= 11 is 0. The quantitative estimate of drug-likeness (QED) is 0.692. The maximum absolute atomic E-state index is 13.1. The van der Waals surface area contributed by atoms with E-state index >= 15 is 0 Å². The lowest BCUT2D eigenvalue weighted by Crippen LogP contribution is -2.44. The summed E-state index contributed by atoms with van der Waals surface area (Å²) in [7, 11) is -3.77. The second-order valence-electron chi connectivity index (χ2n) is 6.92. The topological polar surface area (TPSA) is 54.5 Å². The van der Waals surface area contributed by atoms with Gasteiger partial charge in [0.2, 0.25) is 5.91 Å².